The molecule has 0 aromatic heterocycles. The van der Waals surface area contributed by atoms with E-state index in [4.69, 9.17) is 5.11 Å². The van der Waals surface area contributed by atoms with Crippen LogP contribution in [0.2, 0.25) is 0 Å². The maximum absolute atomic E-state index is 12.1. The van der Waals surface area contributed by atoms with Gasteiger partial charge in [-0.3, -0.25) is 14.1 Å². The fourth-order valence-corrected chi connectivity index (χ4v) is 1.85. The van der Waals surface area contributed by atoms with Crippen molar-refractivity contribution < 1.29 is 19.4 Å². The van der Waals surface area contributed by atoms with Gasteiger partial charge in [-0.25, -0.2) is 0 Å². The van der Waals surface area contributed by atoms with E-state index < -0.39 is 18.7 Å². The fraction of sp³-hybridized carbons (Fsp3) is 0.889. The highest BCUT2D eigenvalue weighted by atomic mass is 19.1. The summed E-state index contributed by atoms with van der Waals surface area (Å²) in [6, 6.07) is 0. The zero-order valence-corrected chi connectivity index (χ0v) is 8.03. The lowest BCUT2D eigenvalue weighted by Gasteiger charge is -2.34. The summed E-state index contributed by atoms with van der Waals surface area (Å²) < 4.78 is 12.1. The van der Waals surface area contributed by atoms with Crippen molar-refractivity contribution in [3.8, 4) is 0 Å². The lowest BCUT2D eigenvalue weighted by molar-refractivity contribution is -0.139. The van der Waals surface area contributed by atoms with E-state index in [0.29, 0.717) is 25.9 Å². The molecule has 82 valence electrons. The molecule has 1 aliphatic heterocycles. The first-order valence-corrected chi connectivity index (χ1v) is 4.81. The molecule has 1 heterocycles. The fourth-order valence-electron chi connectivity index (χ4n) is 1.85. The van der Waals surface area contributed by atoms with E-state index >= 15 is 0 Å². The van der Waals surface area contributed by atoms with Crippen LogP contribution in [0.15, 0.2) is 0 Å². The number of carboxylic acid groups (broad SMARTS) is 1. The number of halogens is 1. The van der Waals surface area contributed by atoms with Crippen molar-refractivity contribution in [2.75, 3.05) is 26.3 Å². The molecule has 4 nitrogen and oxygen atoms in total. The highest BCUT2D eigenvalue weighted by Crippen LogP contribution is 2.20. The molecule has 2 atom stereocenters. The van der Waals surface area contributed by atoms with Crippen LogP contribution in [-0.4, -0.2) is 53.5 Å². The molecule has 5 heteroatoms. The van der Waals surface area contributed by atoms with Gasteiger partial charge in [-0.2, -0.15) is 0 Å². The van der Waals surface area contributed by atoms with E-state index in [1.165, 1.54) is 0 Å². The molecule has 0 amide bonds. The van der Waals surface area contributed by atoms with Crippen molar-refractivity contribution in [3.63, 3.8) is 0 Å². The Bertz CT molecular complexity index is 200. The average molecular weight is 205 g/mol. The van der Waals surface area contributed by atoms with Crippen molar-refractivity contribution in [3.05, 3.63) is 0 Å². The number of carboxylic acids is 1. The second kappa shape index (κ2) is 5.26. The summed E-state index contributed by atoms with van der Waals surface area (Å²) in [5.74, 6) is -0.992. The Balaban J connectivity index is 2.40. The van der Waals surface area contributed by atoms with Gasteiger partial charge in [-0.15, -0.1) is 0 Å². The average Bonchev–Trinajstić information content (AvgIpc) is 2.10. The number of rotatable bonds is 4. The Morgan fingerprint density at radius 3 is 2.86 bits per heavy atom. The molecule has 0 radical (unpaired) electrons. The highest BCUT2D eigenvalue weighted by molar-refractivity contribution is 5.69. The van der Waals surface area contributed by atoms with E-state index in [-0.39, 0.29) is 12.5 Å². The number of aliphatic hydroxyl groups is 1. The van der Waals surface area contributed by atoms with Gasteiger partial charge in [0, 0.05) is 19.0 Å². The summed E-state index contributed by atoms with van der Waals surface area (Å²) in [5, 5.41) is 18.1. The number of alkyl halides is 1. The standard InChI is InChI=1S/C9H16FNO3/c10-3-1-7-5-11(6-9(13)14)4-2-8(7)12/h7-8,12H,1-6H2,(H,13,14)/t7-,8-/m1/s1. The Hall–Kier alpha value is -0.680. The molecule has 2 N–H and O–H groups in total. The number of nitrogens with zero attached hydrogens (tertiary/aromatic N) is 1. The van der Waals surface area contributed by atoms with Crippen molar-refractivity contribution in [1.82, 2.24) is 4.90 Å². The summed E-state index contributed by atoms with van der Waals surface area (Å²) in [6.45, 7) is 0.589. The molecular formula is C9H16FNO3. The predicted molar refractivity (Wildman–Crippen MR) is 48.8 cm³/mol. The van der Waals surface area contributed by atoms with Crippen molar-refractivity contribution >= 4 is 5.97 Å². The minimum absolute atomic E-state index is 0.0183. The third-order valence-corrected chi connectivity index (χ3v) is 2.62. The van der Waals surface area contributed by atoms with Crippen molar-refractivity contribution in [2.45, 2.75) is 18.9 Å². The van der Waals surface area contributed by atoms with Gasteiger partial charge in [0.1, 0.15) is 0 Å². The van der Waals surface area contributed by atoms with Crippen LogP contribution in [0.3, 0.4) is 0 Å². The number of aliphatic hydroxyl groups excluding tert-OH is 1. The molecule has 0 aromatic rings. The molecule has 0 spiro atoms. The molecule has 0 unspecified atom stereocenters. The largest absolute Gasteiger partial charge is 0.480 e. The number of likely N-dealkylation sites (tertiary alicyclic amines) is 1. The third-order valence-electron chi connectivity index (χ3n) is 2.62. The summed E-state index contributed by atoms with van der Waals surface area (Å²) in [4.78, 5) is 12.2. The Labute approximate surface area is 82.3 Å². The number of hydrogen-bond acceptors (Lipinski definition) is 3. The van der Waals surface area contributed by atoms with Crippen LogP contribution in [0, 0.1) is 5.92 Å². The Kier molecular flexibility index (Phi) is 4.28. The van der Waals surface area contributed by atoms with Crippen LogP contribution in [-0.2, 0) is 4.79 Å². The van der Waals surface area contributed by atoms with E-state index in [0.717, 1.165) is 0 Å². The van der Waals surface area contributed by atoms with Gasteiger partial charge in [0.15, 0.2) is 0 Å². The minimum atomic E-state index is -0.875. The molecule has 0 bridgehead atoms. The maximum Gasteiger partial charge on any atom is 0.317 e. The normalized spacial score (nSPS) is 29.0. The van der Waals surface area contributed by atoms with Crippen molar-refractivity contribution in [1.29, 1.82) is 0 Å². The number of carbonyl (C=O) groups is 1. The van der Waals surface area contributed by atoms with Crippen LogP contribution >= 0.6 is 0 Å². The quantitative estimate of drug-likeness (QED) is 0.684. The molecule has 1 fully saturated rings. The van der Waals surface area contributed by atoms with Crippen molar-refractivity contribution in [2.24, 2.45) is 5.92 Å². The van der Waals surface area contributed by atoms with Gasteiger partial charge in [0.05, 0.1) is 19.3 Å². The number of aliphatic carboxylic acids is 1. The second-order valence-corrected chi connectivity index (χ2v) is 3.72. The Morgan fingerprint density at radius 2 is 2.29 bits per heavy atom. The smallest absolute Gasteiger partial charge is 0.317 e. The summed E-state index contributed by atoms with van der Waals surface area (Å²) in [7, 11) is 0. The first-order valence-electron chi connectivity index (χ1n) is 4.81. The lowest BCUT2D eigenvalue weighted by atomic mass is 9.92. The van der Waals surface area contributed by atoms with Gasteiger partial charge in [-0.1, -0.05) is 0 Å². The first-order chi connectivity index (χ1) is 6.63. The first kappa shape index (κ1) is 11.4. The second-order valence-electron chi connectivity index (χ2n) is 3.72. The minimum Gasteiger partial charge on any atom is -0.480 e. The third kappa shape index (κ3) is 3.23. The van der Waals surface area contributed by atoms with Gasteiger partial charge in [0.25, 0.3) is 0 Å². The summed E-state index contributed by atoms with van der Waals surface area (Å²) >= 11 is 0. The molecule has 1 rings (SSSR count). The van der Waals surface area contributed by atoms with Gasteiger partial charge in [-0.05, 0) is 12.8 Å². The van der Waals surface area contributed by atoms with E-state index in [9.17, 15) is 14.3 Å². The van der Waals surface area contributed by atoms with Crippen LogP contribution < -0.4 is 0 Å². The number of hydrogen-bond donors (Lipinski definition) is 2. The van der Waals surface area contributed by atoms with E-state index in [1.807, 2.05) is 0 Å². The SMILES string of the molecule is O=C(O)CN1CC[C@@H](O)[C@H](CCF)C1. The van der Waals surface area contributed by atoms with Gasteiger partial charge >= 0.3 is 5.97 Å². The lowest BCUT2D eigenvalue weighted by Crippen LogP contribution is -2.45. The molecule has 14 heavy (non-hydrogen) atoms. The van der Waals surface area contributed by atoms with Crippen LogP contribution in [0.4, 0.5) is 4.39 Å². The molecule has 1 saturated heterocycles. The number of piperidine rings is 1. The van der Waals surface area contributed by atoms with Crippen LogP contribution in [0.25, 0.3) is 0 Å². The predicted octanol–water partition coefficient (Wildman–Crippen LogP) is 0.113. The van der Waals surface area contributed by atoms with Gasteiger partial charge < -0.3 is 10.2 Å². The van der Waals surface area contributed by atoms with E-state index in [2.05, 4.69) is 0 Å². The monoisotopic (exact) mass is 205 g/mol. The Morgan fingerprint density at radius 1 is 1.57 bits per heavy atom. The summed E-state index contributed by atoms with van der Waals surface area (Å²) in [5.41, 5.74) is 0. The van der Waals surface area contributed by atoms with Crippen LogP contribution in [0.5, 0.6) is 0 Å². The molecular weight excluding hydrogens is 189 g/mol. The van der Waals surface area contributed by atoms with E-state index in [1.54, 1.807) is 4.90 Å². The molecule has 0 aromatic carbocycles. The maximum atomic E-state index is 12.1. The zero-order chi connectivity index (χ0) is 10.6. The molecule has 0 saturated carbocycles. The van der Waals surface area contributed by atoms with Crippen LogP contribution in [0.1, 0.15) is 12.8 Å². The van der Waals surface area contributed by atoms with Gasteiger partial charge in [0.2, 0.25) is 0 Å². The molecule has 0 aliphatic carbocycles. The highest BCUT2D eigenvalue weighted by Gasteiger charge is 2.28. The molecule has 1 aliphatic rings. The zero-order valence-electron chi connectivity index (χ0n) is 8.03. The topological polar surface area (TPSA) is 60.8 Å². The summed E-state index contributed by atoms with van der Waals surface area (Å²) in [6.07, 6.45) is 0.380.